The molecular weight excluding hydrogens is 352 g/mol. The maximum atomic E-state index is 12.6. The number of para-hydroxylation sites is 1. The van der Waals surface area contributed by atoms with Crippen molar-refractivity contribution in [2.45, 2.75) is 27.2 Å². The number of benzene rings is 2. The molecule has 0 saturated heterocycles. The van der Waals surface area contributed by atoms with Gasteiger partial charge in [0.15, 0.2) is 5.96 Å². The van der Waals surface area contributed by atoms with Gasteiger partial charge >= 0.3 is 6.03 Å². The van der Waals surface area contributed by atoms with Crippen LogP contribution in [0.3, 0.4) is 0 Å². The minimum atomic E-state index is -0.286. The number of guanidine groups is 1. The molecule has 0 unspecified atom stereocenters. The number of amides is 2. The quantitative estimate of drug-likeness (QED) is 0.417. The molecule has 0 radical (unpaired) electrons. The number of anilines is 1. The Morgan fingerprint density at radius 3 is 2.39 bits per heavy atom. The summed E-state index contributed by atoms with van der Waals surface area (Å²) < 4.78 is 5.58. The van der Waals surface area contributed by atoms with E-state index in [1.54, 1.807) is 4.90 Å². The van der Waals surface area contributed by atoms with Crippen LogP contribution in [0, 0.1) is 13.8 Å². The summed E-state index contributed by atoms with van der Waals surface area (Å²) in [5, 5.41) is 2.66. The van der Waals surface area contributed by atoms with E-state index in [9.17, 15) is 4.79 Å². The molecule has 0 atom stereocenters. The lowest BCUT2D eigenvalue weighted by atomic mass is 10.1. The second kappa shape index (κ2) is 11.1. The standard InChI is InChI=1S/C22H30N4O2/c1-4-26(20-17(2)9-8-10-18(20)3)22(27)25-21(23)24-14-16-28-15-13-19-11-6-5-7-12-19/h5-12H,4,13-16H2,1-3H3,(H3,23,24,25,27). The number of urea groups is 1. The SMILES string of the molecule is CCN(C(=O)NC(N)=NCCOCCc1ccccc1)c1c(C)cccc1C. The fraction of sp³-hybridized carbons (Fsp3) is 0.364. The van der Waals surface area contributed by atoms with Crippen LogP contribution in [0.2, 0.25) is 0 Å². The monoisotopic (exact) mass is 382 g/mol. The molecule has 0 bridgehead atoms. The van der Waals surface area contributed by atoms with Crippen molar-refractivity contribution in [1.29, 1.82) is 0 Å². The van der Waals surface area contributed by atoms with Gasteiger partial charge in [-0.05, 0) is 43.9 Å². The number of ether oxygens (including phenoxy) is 1. The molecule has 0 aliphatic carbocycles. The van der Waals surface area contributed by atoms with Gasteiger partial charge in [-0.15, -0.1) is 0 Å². The molecule has 2 aromatic rings. The molecule has 150 valence electrons. The van der Waals surface area contributed by atoms with Gasteiger partial charge in [0.05, 0.1) is 25.4 Å². The number of aryl methyl sites for hydroxylation is 2. The molecular formula is C22H30N4O2. The lowest BCUT2D eigenvalue weighted by molar-refractivity contribution is 0.145. The van der Waals surface area contributed by atoms with Crippen molar-refractivity contribution in [3.8, 4) is 0 Å². The molecule has 2 amide bonds. The smallest absolute Gasteiger partial charge is 0.328 e. The second-order valence-corrected chi connectivity index (χ2v) is 6.53. The number of carbonyl (C=O) groups excluding carboxylic acids is 1. The molecule has 3 N–H and O–H groups in total. The normalized spacial score (nSPS) is 11.3. The first-order chi connectivity index (χ1) is 13.5. The molecule has 0 aliphatic heterocycles. The summed E-state index contributed by atoms with van der Waals surface area (Å²) >= 11 is 0. The highest BCUT2D eigenvalue weighted by molar-refractivity contribution is 6.03. The van der Waals surface area contributed by atoms with Crippen molar-refractivity contribution in [2.24, 2.45) is 10.7 Å². The molecule has 2 aromatic carbocycles. The van der Waals surface area contributed by atoms with Gasteiger partial charge in [-0.25, -0.2) is 4.79 Å². The predicted molar refractivity (Wildman–Crippen MR) is 115 cm³/mol. The van der Waals surface area contributed by atoms with Gasteiger partial charge in [0.25, 0.3) is 0 Å². The van der Waals surface area contributed by atoms with Crippen molar-refractivity contribution in [3.63, 3.8) is 0 Å². The summed E-state index contributed by atoms with van der Waals surface area (Å²) in [4.78, 5) is 18.4. The second-order valence-electron chi connectivity index (χ2n) is 6.53. The van der Waals surface area contributed by atoms with Crippen LogP contribution in [0.5, 0.6) is 0 Å². The zero-order chi connectivity index (χ0) is 20.4. The van der Waals surface area contributed by atoms with E-state index in [1.807, 2.05) is 57.2 Å². The molecule has 0 heterocycles. The van der Waals surface area contributed by atoms with Gasteiger partial charge in [0.1, 0.15) is 0 Å². The Hall–Kier alpha value is -2.86. The zero-order valence-corrected chi connectivity index (χ0v) is 16.9. The lowest BCUT2D eigenvalue weighted by Gasteiger charge is -2.25. The van der Waals surface area contributed by atoms with Crippen LogP contribution in [0.15, 0.2) is 53.5 Å². The van der Waals surface area contributed by atoms with Crippen LogP contribution >= 0.6 is 0 Å². The Morgan fingerprint density at radius 1 is 1.07 bits per heavy atom. The average molecular weight is 383 g/mol. The van der Waals surface area contributed by atoms with Crippen LogP contribution in [-0.4, -0.2) is 38.3 Å². The van der Waals surface area contributed by atoms with Crippen LogP contribution in [-0.2, 0) is 11.2 Å². The Kier molecular flexibility index (Phi) is 8.49. The van der Waals surface area contributed by atoms with Crippen LogP contribution < -0.4 is 16.0 Å². The lowest BCUT2D eigenvalue weighted by Crippen LogP contribution is -2.46. The fourth-order valence-electron chi connectivity index (χ4n) is 3.02. The highest BCUT2D eigenvalue weighted by Gasteiger charge is 2.18. The molecule has 6 nitrogen and oxygen atoms in total. The third-order valence-electron chi connectivity index (χ3n) is 4.40. The first-order valence-corrected chi connectivity index (χ1v) is 9.59. The van der Waals surface area contributed by atoms with Gasteiger partial charge < -0.3 is 10.5 Å². The minimum Gasteiger partial charge on any atom is -0.379 e. The van der Waals surface area contributed by atoms with Crippen molar-refractivity contribution >= 4 is 17.7 Å². The molecule has 2 rings (SSSR count). The highest BCUT2D eigenvalue weighted by atomic mass is 16.5. The number of hydrogen-bond donors (Lipinski definition) is 2. The van der Waals surface area contributed by atoms with Gasteiger partial charge in [-0.1, -0.05) is 48.5 Å². The summed E-state index contributed by atoms with van der Waals surface area (Å²) in [6.07, 6.45) is 0.859. The highest BCUT2D eigenvalue weighted by Crippen LogP contribution is 2.24. The van der Waals surface area contributed by atoms with E-state index in [0.29, 0.717) is 26.3 Å². The number of nitrogens with zero attached hydrogens (tertiary/aromatic N) is 2. The molecule has 0 aliphatic rings. The number of carbonyl (C=O) groups is 1. The van der Waals surface area contributed by atoms with E-state index < -0.39 is 0 Å². The van der Waals surface area contributed by atoms with Gasteiger partial charge in [-0.2, -0.15) is 0 Å². The van der Waals surface area contributed by atoms with E-state index in [2.05, 4.69) is 22.4 Å². The van der Waals surface area contributed by atoms with E-state index in [-0.39, 0.29) is 12.0 Å². The van der Waals surface area contributed by atoms with Crippen molar-refractivity contribution in [2.75, 3.05) is 31.2 Å². The number of rotatable bonds is 8. The Labute approximate surface area is 167 Å². The molecule has 0 saturated carbocycles. The first-order valence-electron chi connectivity index (χ1n) is 9.59. The summed E-state index contributed by atoms with van der Waals surface area (Å²) in [6.45, 7) is 7.92. The fourth-order valence-corrected chi connectivity index (χ4v) is 3.02. The molecule has 0 aromatic heterocycles. The van der Waals surface area contributed by atoms with Crippen molar-refractivity contribution in [3.05, 3.63) is 65.2 Å². The molecule has 0 spiro atoms. The minimum absolute atomic E-state index is 0.0985. The predicted octanol–water partition coefficient (Wildman–Crippen LogP) is 3.41. The summed E-state index contributed by atoms with van der Waals surface area (Å²) in [5.74, 6) is 0.0985. The molecule has 6 heteroatoms. The molecule has 28 heavy (non-hydrogen) atoms. The summed E-state index contributed by atoms with van der Waals surface area (Å²) in [5.41, 5.74) is 10.1. The Bertz CT molecular complexity index is 770. The number of hydrogen-bond acceptors (Lipinski definition) is 3. The largest absolute Gasteiger partial charge is 0.379 e. The van der Waals surface area contributed by atoms with E-state index >= 15 is 0 Å². The van der Waals surface area contributed by atoms with Gasteiger partial charge in [-0.3, -0.25) is 15.2 Å². The van der Waals surface area contributed by atoms with Crippen molar-refractivity contribution in [1.82, 2.24) is 5.32 Å². The maximum absolute atomic E-state index is 12.6. The third-order valence-corrected chi connectivity index (χ3v) is 4.40. The van der Waals surface area contributed by atoms with E-state index in [1.165, 1.54) is 5.56 Å². The maximum Gasteiger partial charge on any atom is 0.328 e. The van der Waals surface area contributed by atoms with E-state index in [4.69, 9.17) is 10.5 Å². The summed E-state index contributed by atoms with van der Waals surface area (Å²) in [7, 11) is 0. The Morgan fingerprint density at radius 2 is 1.75 bits per heavy atom. The first kappa shape index (κ1) is 21.4. The number of nitrogens with one attached hydrogen (secondary N) is 1. The van der Waals surface area contributed by atoms with Gasteiger partial charge in [0.2, 0.25) is 0 Å². The van der Waals surface area contributed by atoms with Crippen molar-refractivity contribution < 1.29 is 9.53 Å². The van der Waals surface area contributed by atoms with Crippen LogP contribution in [0.4, 0.5) is 10.5 Å². The van der Waals surface area contributed by atoms with Gasteiger partial charge in [0, 0.05) is 6.54 Å². The topological polar surface area (TPSA) is 80.0 Å². The van der Waals surface area contributed by atoms with E-state index in [0.717, 1.165) is 23.2 Å². The average Bonchev–Trinajstić information content (AvgIpc) is 2.68. The summed E-state index contributed by atoms with van der Waals surface area (Å²) in [6, 6.07) is 15.8. The third kappa shape index (κ3) is 6.39. The Balaban J connectivity index is 1.78. The van der Waals surface area contributed by atoms with Crippen LogP contribution in [0.1, 0.15) is 23.6 Å². The number of aliphatic imine (C=N–C) groups is 1. The zero-order valence-electron chi connectivity index (χ0n) is 16.9. The molecule has 0 fully saturated rings. The van der Waals surface area contributed by atoms with Crippen LogP contribution in [0.25, 0.3) is 0 Å². The number of nitrogens with two attached hydrogens (primary N) is 1.